The minimum Gasteiger partial charge on any atom is -0.480 e. The Hall–Kier alpha value is -6.53. The van der Waals surface area contributed by atoms with E-state index in [1.165, 1.54) is 31.4 Å². The smallest absolute Gasteiger partial charge is 0.329 e. The highest BCUT2D eigenvalue weighted by molar-refractivity contribution is 6.39. The molecule has 12 N–H and O–H groups in total. The average molecular weight is 1040 g/mol. The number of nitrogens with zero attached hydrogens (tertiary/aromatic N) is 5. The summed E-state index contributed by atoms with van der Waals surface area (Å²) in [6, 6.07) is 15.4. The minimum absolute atomic E-state index is 0.0719. The second-order valence-electron chi connectivity index (χ2n) is 18.6. The summed E-state index contributed by atoms with van der Waals surface area (Å²) in [6.07, 6.45) is 15.4. The van der Waals surface area contributed by atoms with Gasteiger partial charge in [-0.25, -0.2) is 19.7 Å². The third-order valence-electron chi connectivity index (χ3n) is 13.1. The van der Waals surface area contributed by atoms with Gasteiger partial charge in [-0.3, -0.25) is 14.4 Å². The zero-order valence-corrected chi connectivity index (χ0v) is 42.1. The van der Waals surface area contributed by atoms with Gasteiger partial charge in [-0.15, -0.1) is 0 Å². The highest BCUT2D eigenvalue weighted by Gasteiger charge is 2.43. The van der Waals surface area contributed by atoms with E-state index >= 15 is 0 Å². The van der Waals surface area contributed by atoms with Gasteiger partial charge in [-0.05, 0) is 88.8 Å². The van der Waals surface area contributed by atoms with Gasteiger partial charge in [0.25, 0.3) is 17.7 Å². The van der Waals surface area contributed by atoms with Crippen molar-refractivity contribution in [3.8, 4) is 0 Å². The number of hydrogen-bond acceptors (Lipinski definition) is 9. The van der Waals surface area contributed by atoms with Gasteiger partial charge >= 0.3 is 5.97 Å². The lowest BCUT2D eigenvalue weighted by Crippen LogP contribution is -2.52. The van der Waals surface area contributed by atoms with Gasteiger partial charge in [0.2, 0.25) is 0 Å². The van der Waals surface area contributed by atoms with Crippen LogP contribution in [0.4, 0.5) is 11.6 Å². The lowest BCUT2D eigenvalue weighted by molar-refractivity contribution is -0.144. The Morgan fingerprint density at radius 2 is 0.845 bits per heavy atom. The summed E-state index contributed by atoms with van der Waals surface area (Å²) in [5.41, 5.74) is 21.7. The number of amides is 3. The van der Waals surface area contributed by atoms with E-state index in [0.717, 1.165) is 62.1 Å². The number of hydrogen-bond donors (Lipinski definition) is 8. The Kier molecular flexibility index (Phi) is 16.1. The summed E-state index contributed by atoms with van der Waals surface area (Å²) < 4.78 is 0. The molecular weight excluding hydrogens is 990 g/mol. The number of rotatable bonds is 9. The van der Waals surface area contributed by atoms with Crippen molar-refractivity contribution in [3.63, 3.8) is 0 Å². The summed E-state index contributed by atoms with van der Waals surface area (Å²) in [7, 11) is 0. The van der Waals surface area contributed by atoms with Crippen LogP contribution in [0.5, 0.6) is 0 Å². The topological polar surface area (TPSA) is 292 Å². The molecule has 3 aromatic carbocycles. The number of carboxylic acid groups (broad SMARTS) is 1. The van der Waals surface area contributed by atoms with Crippen molar-refractivity contribution in [1.29, 1.82) is 0 Å². The second-order valence-corrected chi connectivity index (χ2v) is 20.2. The lowest BCUT2D eigenvalue weighted by atomic mass is 9.97. The SMILES string of the molecule is CC1(NC(=O)c2ccc3c(Cl)cnc(Cl)c3c2)CCCC1.CC1(NC(=O)c2ccc3c(Cl)cnc(N=C(N)N)c3c2)CCCC1.NC(N)=Nc1ncc(Cl)c2ccc(C(=O)NC3(C(=O)O)CCCC3)cc12. The number of aliphatic carboxylic acids is 1. The van der Waals surface area contributed by atoms with Crippen molar-refractivity contribution in [1.82, 2.24) is 30.9 Å². The van der Waals surface area contributed by atoms with Crippen LogP contribution in [0.1, 0.15) is 122 Å². The van der Waals surface area contributed by atoms with Crippen LogP contribution in [-0.2, 0) is 4.79 Å². The molecule has 372 valence electrons. The Balaban J connectivity index is 0.000000157. The molecule has 71 heavy (non-hydrogen) atoms. The van der Waals surface area contributed by atoms with E-state index in [2.05, 4.69) is 54.7 Å². The largest absolute Gasteiger partial charge is 0.480 e. The highest BCUT2D eigenvalue weighted by Crippen LogP contribution is 2.35. The molecule has 3 amide bonds. The van der Waals surface area contributed by atoms with E-state index in [1.54, 1.807) is 48.5 Å². The lowest BCUT2D eigenvalue weighted by Gasteiger charge is -2.25. The molecule has 3 fully saturated rings. The Labute approximate surface area is 429 Å². The summed E-state index contributed by atoms with van der Waals surface area (Å²) in [6.45, 7) is 4.19. The van der Waals surface area contributed by atoms with Crippen LogP contribution in [0.25, 0.3) is 32.3 Å². The van der Waals surface area contributed by atoms with Gasteiger partial charge in [0.1, 0.15) is 10.7 Å². The van der Waals surface area contributed by atoms with Gasteiger partial charge in [0.05, 0.1) is 15.1 Å². The first-order valence-electron chi connectivity index (χ1n) is 23.0. The maximum Gasteiger partial charge on any atom is 0.329 e. The van der Waals surface area contributed by atoms with Crippen molar-refractivity contribution >= 4 is 126 Å². The summed E-state index contributed by atoms with van der Waals surface area (Å²) in [5.74, 6) is -1.38. The first kappa shape index (κ1) is 52.3. The molecule has 3 aromatic heterocycles. The van der Waals surface area contributed by atoms with Crippen molar-refractivity contribution in [2.24, 2.45) is 32.9 Å². The summed E-state index contributed by atoms with van der Waals surface area (Å²) in [5, 5.41) is 24.2. The third kappa shape index (κ3) is 12.3. The average Bonchev–Trinajstić information content (AvgIpc) is 4.11. The molecule has 3 heterocycles. The number of nitrogens with one attached hydrogen (secondary N) is 3. The molecule has 0 bridgehead atoms. The van der Waals surface area contributed by atoms with Crippen LogP contribution in [-0.4, -0.2) is 72.3 Å². The molecule has 0 unspecified atom stereocenters. The maximum atomic E-state index is 12.7. The Bertz CT molecular complexity index is 3110. The normalized spacial score (nSPS) is 16.2. The van der Waals surface area contributed by atoms with Crippen molar-refractivity contribution in [3.05, 3.63) is 110 Å². The number of halogens is 4. The van der Waals surface area contributed by atoms with Crippen LogP contribution >= 0.6 is 46.4 Å². The molecule has 3 saturated carbocycles. The Morgan fingerprint density at radius 1 is 0.507 bits per heavy atom. The van der Waals surface area contributed by atoms with E-state index in [9.17, 15) is 24.3 Å². The van der Waals surface area contributed by atoms with Crippen LogP contribution in [0.2, 0.25) is 20.2 Å². The number of aromatic nitrogens is 3. The molecule has 0 atom stereocenters. The number of nitrogens with two attached hydrogens (primary N) is 4. The van der Waals surface area contributed by atoms with E-state index in [1.807, 2.05) is 6.07 Å². The zero-order valence-electron chi connectivity index (χ0n) is 39.1. The van der Waals surface area contributed by atoms with E-state index in [-0.39, 0.29) is 46.2 Å². The zero-order chi connectivity index (χ0) is 51.3. The van der Waals surface area contributed by atoms with Crippen molar-refractivity contribution in [2.75, 3.05) is 0 Å². The fourth-order valence-corrected chi connectivity index (χ4v) is 10.2. The standard InChI is InChI=1S/C17H18ClN5O3.C17H20ClN5O.C16H16Cl2N2O/c18-12-8-21-13(22-16(19)20)11-7-9(3-4-10(11)12)14(24)23-17(15(25)26)5-1-2-6-17;1-17(6-2-3-7-17)23-15(24)10-4-5-11-12(8-10)14(22-16(19)20)21-9-13(11)18;1-16(6-2-3-7-16)20-15(21)10-4-5-11-12(8-10)14(18)19-9-13(11)17/h3-4,7-8H,1-2,5-6H2,(H,23,24)(H,25,26)(H4,19,20,21,22);4-5,8-9H,2-3,6-7H2,1H3,(H,23,24)(H4,19,20,21,22);4-5,8-9H,2-3,6-7H2,1H3,(H,20,21). The predicted molar refractivity (Wildman–Crippen MR) is 281 cm³/mol. The van der Waals surface area contributed by atoms with Gasteiger partial charge in [0.15, 0.2) is 23.6 Å². The first-order chi connectivity index (χ1) is 33.7. The van der Waals surface area contributed by atoms with Gasteiger partial charge < -0.3 is 44.0 Å². The number of benzene rings is 3. The molecule has 6 aromatic rings. The fraction of sp³-hybridized carbons (Fsp3) is 0.340. The molecule has 21 heteroatoms. The van der Waals surface area contributed by atoms with E-state index < -0.39 is 17.4 Å². The quantitative estimate of drug-likeness (QED) is 0.0382. The van der Waals surface area contributed by atoms with Gasteiger partial charge in [-0.2, -0.15) is 9.98 Å². The molecule has 0 radical (unpaired) electrons. The number of carbonyl (C=O) groups excluding carboxylic acids is 3. The summed E-state index contributed by atoms with van der Waals surface area (Å²) in [4.78, 5) is 69.6. The highest BCUT2D eigenvalue weighted by atomic mass is 35.5. The third-order valence-corrected chi connectivity index (χ3v) is 14.4. The molecule has 0 spiro atoms. The van der Waals surface area contributed by atoms with Crippen molar-refractivity contribution < 1.29 is 24.3 Å². The minimum atomic E-state index is -1.22. The molecule has 3 aliphatic carbocycles. The van der Waals surface area contributed by atoms with Crippen molar-refractivity contribution in [2.45, 2.75) is 108 Å². The van der Waals surface area contributed by atoms with E-state index in [0.29, 0.717) is 71.6 Å². The van der Waals surface area contributed by atoms with Crippen LogP contribution < -0.4 is 38.9 Å². The van der Waals surface area contributed by atoms with Gasteiger partial charge in [-0.1, -0.05) is 103 Å². The first-order valence-corrected chi connectivity index (χ1v) is 24.5. The second kappa shape index (κ2) is 21.9. The number of carboxylic acids is 1. The van der Waals surface area contributed by atoms with Crippen LogP contribution in [0.3, 0.4) is 0 Å². The molecule has 9 rings (SSSR count). The number of fused-ring (bicyclic) bond motifs is 3. The molecule has 0 aliphatic heterocycles. The number of pyridine rings is 3. The summed E-state index contributed by atoms with van der Waals surface area (Å²) >= 11 is 24.5. The van der Waals surface area contributed by atoms with Crippen LogP contribution in [0.15, 0.2) is 83.2 Å². The van der Waals surface area contributed by atoms with E-state index in [4.69, 9.17) is 69.3 Å². The number of carbonyl (C=O) groups is 4. The monoisotopic (exact) mass is 1040 g/mol. The number of aliphatic imine (C=N–C) groups is 2. The molecule has 3 aliphatic rings. The van der Waals surface area contributed by atoms with Crippen LogP contribution in [0, 0.1) is 0 Å². The predicted octanol–water partition coefficient (Wildman–Crippen LogP) is 9.38. The molecular formula is C50H54Cl4N12O5. The fourth-order valence-electron chi connectivity index (χ4n) is 9.32. The molecule has 17 nitrogen and oxygen atoms in total. The van der Waals surface area contributed by atoms with Gasteiger partial charge in [0, 0.05) is 78.7 Å². The Morgan fingerprint density at radius 3 is 1.23 bits per heavy atom. The number of guanidine groups is 2. The molecule has 0 saturated heterocycles. The maximum absolute atomic E-state index is 12.7.